The minimum atomic E-state index is -0.437. The number of fused-ring (bicyclic) bond motifs is 1. The van der Waals surface area contributed by atoms with Gasteiger partial charge >= 0.3 is 0 Å². The summed E-state index contributed by atoms with van der Waals surface area (Å²) >= 11 is 6.54. The SMILES string of the molecule is Cn1nc(C#Cc2cccc(C3CCC(=O)NC3=O)c2Cl)c2ccccc21. The molecule has 5 nitrogen and oxygen atoms in total. The largest absolute Gasteiger partial charge is 0.296 e. The Balaban J connectivity index is 1.71. The number of aromatic nitrogens is 2. The summed E-state index contributed by atoms with van der Waals surface area (Å²) in [5.41, 5.74) is 3.01. The first-order chi connectivity index (χ1) is 13.0. The highest BCUT2D eigenvalue weighted by molar-refractivity contribution is 6.33. The zero-order chi connectivity index (χ0) is 19.0. The average Bonchev–Trinajstić information content (AvgIpc) is 2.98. The number of halogens is 1. The fourth-order valence-electron chi connectivity index (χ4n) is 3.34. The molecule has 134 valence electrons. The van der Waals surface area contributed by atoms with Crippen molar-refractivity contribution in [1.82, 2.24) is 15.1 Å². The van der Waals surface area contributed by atoms with E-state index in [-0.39, 0.29) is 11.8 Å². The molecule has 1 aliphatic rings. The van der Waals surface area contributed by atoms with Crippen molar-refractivity contribution < 1.29 is 9.59 Å². The van der Waals surface area contributed by atoms with Gasteiger partial charge in [-0.3, -0.25) is 19.6 Å². The Labute approximate surface area is 161 Å². The number of hydrogen-bond acceptors (Lipinski definition) is 3. The van der Waals surface area contributed by atoms with E-state index in [2.05, 4.69) is 22.3 Å². The summed E-state index contributed by atoms with van der Waals surface area (Å²) in [6.07, 6.45) is 0.759. The van der Waals surface area contributed by atoms with Gasteiger partial charge in [0.1, 0.15) is 5.69 Å². The van der Waals surface area contributed by atoms with Crippen LogP contribution in [-0.4, -0.2) is 21.6 Å². The molecule has 1 fully saturated rings. The number of carbonyl (C=O) groups excluding carboxylic acids is 2. The Kier molecular flexibility index (Phi) is 4.43. The quantitative estimate of drug-likeness (QED) is 0.523. The Hall–Kier alpha value is -3.10. The van der Waals surface area contributed by atoms with Gasteiger partial charge < -0.3 is 0 Å². The number of nitrogens with one attached hydrogen (secondary N) is 1. The molecule has 1 unspecified atom stereocenters. The van der Waals surface area contributed by atoms with Gasteiger partial charge in [-0.2, -0.15) is 5.10 Å². The summed E-state index contributed by atoms with van der Waals surface area (Å²) in [6.45, 7) is 0. The number of benzene rings is 2. The van der Waals surface area contributed by atoms with E-state index in [0.717, 1.165) is 10.9 Å². The van der Waals surface area contributed by atoms with E-state index in [9.17, 15) is 9.59 Å². The van der Waals surface area contributed by atoms with Crippen LogP contribution in [0.25, 0.3) is 10.9 Å². The van der Waals surface area contributed by atoms with E-state index < -0.39 is 5.92 Å². The number of amides is 2. The number of nitrogens with zero attached hydrogens (tertiary/aromatic N) is 2. The average molecular weight is 378 g/mol. The molecule has 0 saturated carbocycles. The first kappa shape index (κ1) is 17.3. The second kappa shape index (κ2) is 6.90. The number of rotatable bonds is 1. The Morgan fingerprint density at radius 3 is 2.78 bits per heavy atom. The fraction of sp³-hybridized carbons (Fsp3) is 0.190. The third kappa shape index (κ3) is 3.20. The van der Waals surface area contributed by atoms with Gasteiger partial charge in [-0.05, 0) is 36.1 Å². The first-order valence-electron chi connectivity index (χ1n) is 8.60. The Bertz CT molecular complexity index is 1140. The molecule has 0 aliphatic carbocycles. The molecule has 6 heteroatoms. The topological polar surface area (TPSA) is 64.0 Å². The van der Waals surface area contributed by atoms with Crippen LogP contribution >= 0.6 is 11.6 Å². The van der Waals surface area contributed by atoms with Crippen LogP contribution in [0.2, 0.25) is 5.02 Å². The van der Waals surface area contributed by atoms with Crippen molar-refractivity contribution >= 4 is 34.3 Å². The van der Waals surface area contributed by atoms with Crippen LogP contribution in [0, 0.1) is 11.8 Å². The van der Waals surface area contributed by atoms with Crippen molar-refractivity contribution in [1.29, 1.82) is 0 Å². The molecule has 0 radical (unpaired) electrons. The molecular weight excluding hydrogens is 362 g/mol. The van der Waals surface area contributed by atoms with Crippen LogP contribution < -0.4 is 5.32 Å². The third-order valence-corrected chi connectivity index (χ3v) is 5.14. The molecule has 1 aliphatic heterocycles. The molecule has 1 N–H and O–H groups in total. The number of piperidine rings is 1. The van der Waals surface area contributed by atoms with E-state index in [1.807, 2.05) is 49.5 Å². The predicted octanol–water partition coefficient (Wildman–Crippen LogP) is 3.15. The number of hydrogen-bond donors (Lipinski definition) is 1. The van der Waals surface area contributed by atoms with Crippen LogP contribution in [0.1, 0.15) is 35.6 Å². The Morgan fingerprint density at radius 1 is 1.15 bits per heavy atom. The third-order valence-electron chi connectivity index (χ3n) is 4.72. The van der Waals surface area contributed by atoms with Crippen molar-refractivity contribution in [3.05, 3.63) is 64.3 Å². The molecule has 1 atom stereocenters. The monoisotopic (exact) mass is 377 g/mol. The van der Waals surface area contributed by atoms with Crippen LogP contribution in [0.15, 0.2) is 42.5 Å². The molecule has 0 bridgehead atoms. The van der Waals surface area contributed by atoms with Crippen LogP contribution in [0.4, 0.5) is 0 Å². The number of aryl methyl sites for hydroxylation is 1. The number of imide groups is 1. The minimum absolute atomic E-state index is 0.245. The van der Waals surface area contributed by atoms with Gasteiger partial charge in [-0.25, -0.2) is 0 Å². The van der Waals surface area contributed by atoms with Crippen molar-refractivity contribution in [2.75, 3.05) is 0 Å². The van der Waals surface area contributed by atoms with Gasteiger partial charge in [0.05, 0.1) is 16.5 Å². The van der Waals surface area contributed by atoms with Gasteiger partial charge in [0.25, 0.3) is 0 Å². The lowest BCUT2D eigenvalue weighted by Crippen LogP contribution is -2.39. The van der Waals surface area contributed by atoms with Gasteiger partial charge in [-0.15, -0.1) is 0 Å². The number of para-hydroxylation sites is 1. The summed E-state index contributed by atoms with van der Waals surface area (Å²) < 4.78 is 1.79. The van der Waals surface area contributed by atoms with E-state index >= 15 is 0 Å². The maximum Gasteiger partial charge on any atom is 0.234 e. The molecule has 1 aromatic heterocycles. The van der Waals surface area contributed by atoms with Gasteiger partial charge in [0, 0.05) is 24.4 Å². The molecule has 2 aromatic carbocycles. The minimum Gasteiger partial charge on any atom is -0.296 e. The van der Waals surface area contributed by atoms with E-state index in [1.54, 1.807) is 4.68 Å². The van der Waals surface area contributed by atoms with Crippen molar-refractivity contribution in [3.8, 4) is 11.8 Å². The van der Waals surface area contributed by atoms with Crippen molar-refractivity contribution in [2.24, 2.45) is 7.05 Å². The highest BCUT2D eigenvalue weighted by Crippen LogP contribution is 2.32. The maximum atomic E-state index is 12.2. The standard InChI is InChI=1S/C21H16ClN3O2/c1-25-18-8-3-2-6-16(18)17(24-25)11-9-13-5-4-7-14(20(13)22)15-10-12-19(26)23-21(15)27/h2-8,15H,10,12H2,1H3,(H,23,26,27). The summed E-state index contributed by atoms with van der Waals surface area (Å²) in [5, 5.41) is 8.26. The smallest absolute Gasteiger partial charge is 0.234 e. The molecule has 27 heavy (non-hydrogen) atoms. The molecular formula is C21H16ClN3O2. The molecule has 2 heterocycles. The van der Waals surface area contributed by atoms with E-state index in [0.29, 0.717) is 34.7 Å². The van der Waals surface area contributed by atoms with Crippen LogP contribution in [0.3, 0.4) is 0 Å². The summed E-state index contributed by atoms with van der Waals surface area (Å²) in [4.78, 5) is 23.5. The normalized spacial score (nSPS) is 16.7. The highest BCUT2D eigenvalue weighted by Gasteiger charge is 2.29. The molecule has 3 aromatic rings. The zero-order valence-corrected chi connectivity index (χ0v) is 15.4. The lowest BCUT2D eigenvalue weighted by molar-refractivity contribution is -0.134. The second-order valence-electron chi connectivity index (χ2n) is 6.45. The first-order valence-corrected chi connectivity index (χ1v) is 8.98. The van der Waals surface area contributed by atoms with Gasteiger partial charge in [-0.1, -0.05) is 41.8 Å². The van der Waals surface area contributed by atoms with Crippen molar-refractivity contribution in [3.63, 3.8) is 0 Å². The zero-order valence-electron chi connectivity index (χ0n) is 14.6. The number of carbonyl (C=O) groups is 2. The van der Waals surface area contributed by atoms with Crippen LogP contribution in [-0.2, 0) is 16.6 Å². The maximum absolute atomic E-state index is 12.2. The molecule has 2 amide bonds. The highest BCUT2D eigenvalue weighted by atomic mass is 35.5. The summed E-state index contributed by atoms with van der Waals surface area (Å²) in [6, 6.07) is 13.3. The van der Waals surface area contributed by atoms with E-state index in [4.69, 9.17) is 11.6 Å². The Morgan fingerprint density at radius 2 is 1.96 bits per heavy atom. The lowest BCUT2D eigenvalue weighted by atomic mass is 9.89. The van der Waals surface area contributed by atoms with E-state index in [1.165, 1.54) is 0 Å². The predicted molar refractivity (Wildman–Crippen MR) is 103 cm³/mol. The van der Waals surface area contributed by atoms with Crippen LogP contribution in [0.5, 0.6) is 0 Å². The summed E-state index contributed by atoms with van der Waals surface area (Å²) in [5.74, 6) is 5.18. The molecule has 4 rings (SSSR count). The lowest BCUT2D eigenvalue weighted by Gasteiger charge is -2.22. The second-order valence-corrected chi connectivity index (χ2v) is 6.83. The van der Waals surface area contributed by atoms with Crippen molar-refractivity contribution in [2.45, 2.75) is 18.8 Å². The fourth-order valence-corrected chi connectivity index (χ4v) is 3.64. The van der Waals surface area contributed by atoms with Gasteiger partial charge in [0.2, 0.25) is 11.8 Å². The summed E-state index contributed by atoms with van der Waals surface area (Å²) in [7, 11) is 1.88. The molecule has 0 spiro atoms. The molecule has 1 saturated heterocycles. The van der Waals surface area contributed by atoms with Gasteiger partial charge in [0.15, 0.2) is 0 Å².